The largest absolute Gasteiger partial charge is 0.475 e. The monoisotopic (exact) mass is 649 g/mol. The number of carbonyl (C=O) groups excluding carboxylic acids is 1. The predicted molar refractivity (Wildman–Crippen MR) is 167 cm³/mol. The molecule has 0 radical (unpaired) electrons. The minimum atomic E-state index is -1.04. The van der Waals surface area contributed by atoms with E-state index in [0.29, 0.717) is 45.9 Å². The Labute approximate surface area is 267 Å². The average Bonchev–Trinajstić information content (AvgIpc) is 3.53. The highest BCUT2D eigenvalue weighted by Crippen LogP contribution is 2.46. The number of anilines is 1. The van der Waals surface area contributed by atoms with Crippen molar-refractivity contribution in [3.8, 4) is 23.1 Å². The topological polar surface area (TPSA) is 72.7 Å². The first-order valence-electron chi connectivity index (χ1n) is 14.9. The minimum absolute atomic E-state index is 0.00628. The SMILES string of the molecule is C=C(F)C(=O)N1CC[C@@H]2[C@H]1CN2c1c(C#N)c(OC[C@@H]2C[C@@H](F)CN2C)nc2cc(-c3cccc4ccc(F)c(Cl)c34)c(F)cc12. The van der Waals surface area contributed by atoms with Crippen molar-refractivity contribution in [2.45, 2.75) is 37.1 Å². The fourth-order valence-corrected chi connectivity index (χ4v) is 7.43. The van der Waals surface area contributed by atoms with Crippen LogP contribution in [-0.4, -0.2) is 78.3 Å². The van der Waals surface area contributed by atoms with Crippen LogP contribution in [0.1, 0.15) is 18.4 Å². The van der Waals surface area contributed by atoms with Crippen LogP contribution in [-0.2, 0) is 4.79 Å². The number of amides is 1. The third-order valence-corrected chi connectivity index (χ3v) is 9.84. The molecule has 3 aliphatic rings. The molecule has 3 aromatic carbocycles. The second-order valence-corrected chi connectivity index (χ2v) is 12.5. The lowest BCUT2D eigenvalue weighted by Gasteiger charge is -2.48. The number of ether oxygens (including phenoxy) is 1. The van der Waals surface area contributed by atoms with Crippen LogP contribution in [0, 0.1) is 23.0 Å². The highest BCUT2D eigenvalue weighted by molar-refractivity contribution is 6.37. The number of benzene rings is 3. The number of likely N-dealkylation sites (tertiary alicyclic amines) is 2. The lowest BCUT2D eigenvalue weighted by Crippen LogP contribution is -2.63. The van der Waals surface area contributed by atoms with E-state index in [0.717, 1.165) is 0 Å². The molecule has 4 atom stereocenters. The van der Waals surface area contributed by atoms with E-state index >= 15 is 4.39 Å². The molecule has 4 aromatic rings. The molecule has 0 spiro atoms. The van der Waals surface area contributed by atoms with Crippen LogP contribution >= 0.6 is 11.6 Å². The molecule has 0 N–H and O–H groups in total. The van der Waals surface area contributed by atoms with E-state index < -0.39 is 29.5 Å². The van der Waals surface area contributed by atoms with E-state index in [9.17, 15) is 23.2 Å². The Kier molecular flexibility index (Phi) is 7.53. The van der Waals surface area contributed by atoms with Gasteiger partial charge in [-0.25, -0.2) is 22.5 Å². The summed E-state index contributed by atoms with van der Waals surface area (Å²) < 4.78 is 64.7. The summed E-state index contributed by atoms with van der Waals surface area (Å²) in [6, 6.07) is 12.1. The summed E-state index contributed by atoms with van der Waals surface area (Å²) in [5.41, 5.74) is 1.24. The molecule has 0 aliphatic carbocycles. The summed E-state index contributed by atoms with van der Waals surface area (Å²) in [7, 11) is 1.80. The number of rotatable bonds is 6. The van der Waals surface area contributed by atoms with Gasteiger partial charge < -0.3 is 14.5 Å². The molecule has 0 saturated carbocycles. The van der Waals surface area contributed by atoms with E-state index in [4.69, 9.17) is 16.3 Å². The number of fused-ring (bicyclic) bond motifs is 3. The smallest absolute Gasteiger partial charge is 0.282 e. The van der Waals surface area contributed by atoms with Crippen LogP contribution in [0.3, 0.4) is 0 Å². The molecular weight excluding hydrogens is 622 g/mol. The number of halogens is 5. The molecule has 7 nitrogen and oxygen atoms in total. The van der Waals surface area contributed by atoms with Gasteiger partial charge in [0.05, 0.1) is 28.3 Å². The summed E-state index contributed by atoms with van der Waals surface area (Å²) in [4.78, 5) is 22.3. The molecule has 7 rings (SSSR count). The van der Waals surface area contributed by atoms with Crippen molar-refractivity contribution in [3.63, 3.8) is 0 Å². The predicted octanol–water partition coefficient (Wildman–Crippen LogP) is 6.55. The van der Waals surface area contributed by atoms with E-state index in [-0.39, 0.29) is 66.3 Å². The Hall–Kier alpha value is -4.40. The molecule has 3 fully saturated rings. The second kappa shape index (κ2) is 11.4. The van der Waals surface area contributed by atoms with Crippen LogP contribution in [0.4, 0.5) is 23.2 Å². The molecule has 236 valence electrons. The third kappa shape index (κ3) is 4.82. The molecule has 3 aliphatic heterocycles. The van der Waals surface area contributed by atoms with Gasteiger partial charge in [0.2, 0.25) is 5.88 Å². The lowest BCUT2D eigenvalue weighted by atomic mass is 9.92. The highest BCUT2D eigenvalue weighted by atomic mass is 35.5. The average molecular weight is 650 g/mol. The number of carbonyl (C=O) groups is 1. The van der Waals surface area contributed by atoms with Crippen molar-refractivity contribution in [2.75, 3.05) is 38.2 Å². The second-order valence-electron chi connectivity index (χ2n) is 12.1. The van der Waals surface area contributed by atoms with Crippen molar-refractivity contribution >= 4 is 44.9 Å². The van der Waals surface area contributed by atoms with Gasteiger partial charge in [0, 0.05) is 42.0 Å². The molecule has 0 unspecified atom stereocenters. The summed E-state index contributed by atoms with van der Waals surface area (Å²) in [5, 5.41) is 11.6. The standard InChI is InChI=1S/C34H28ClF4N5O2/c1-17(36)34(45)43-9-8-28-29(43)15-44(28)32-23-11-26(39)22(21-5-3-4-18-6-7-25(38)31(35)30(18)21)12-27(23)41-33(24(32)13-40)46-16-20-10-19(37)14-42(20)2/h3-7,11-12,19-20,28-29H,1,8-10,14-16H2,2H3/t19-,20+,28-,29-/m1/s1. The van der Waals surface area contributed by atoms with Gasteiger partial charge in [-0.05, 0) is 49.0 Å². The molecule has 0 bridgehead atoms. The van der Waals surface area contributed by atoms with Crippen LogP contribution in [0.25, 0.3) is 32.8 Å². The lowest BCUT2D eigenvalue weighted by molar-refractivity contribution is -0.130. The van der Waals surface area contributed by atoms with Crippen molar-refractivity contribution in [1.82, 2.24) is 14.8 Å². The van der Waals surface area contributed by atoms with Gasteiger partial charge in [0.15, 0.2) is 5.83 Å². The van der Waals surface area contributed by atoms with Crippen LogP contribution in [0.2, 0.25) is 5.02 Å². The molecule has 3 saturated heterocycles. The fourth-order valence-electron chi connectivity index (χ4n) is 7.16. The quantitative estimate of drug-likeness (QED) is 0.174. The molecule has 1 amide bonds. The molecule has 46 heavy (non-hydrogen) atoms. The zero-order chi connectivity index (χ0) is 32.4. The van der Waals surface area contributed by atoms with Crippen LogP contribution in [0.5, 0.6) is 5.88 Å². The minimum Gasteiger partial charge on any atom is -0.475 e. The first kappa shape index (κ1) is 30.3. The normalized spacial score (nSPS) is 22.6. The first-order valence-corrected chi connectivity index (χ1v) is 15.3. The third-order valence-electron chi connectivity index (χ3n) is 9.47. The number of likely N-dealkylation sites (N-methyl/N-ethyl adjacent to an activating group) is 1. The summed E-state index contributed by atoms with van der Waals surface area (Å²) in [6.07, 6.45) is -0.227. The zero-order valence-corrected chi connectivity index (χ0v) is 25.5. The summed E-state index contributed by atoms with van der Waals surface area (Å²) in [6.45, 7) is 4.05. The van der Waals surface area contributed by atoms with Gasteiger partial charge >= 0.3 is 0 Å². The number of nitriles is 1. The van der Waals surface area contributed by atoms with E-state index in [1.807, 2.05) is 9.80 Å². The molecule has 4 heterocycles. The van der Waals surface area contributed by atoms with Crippen molar-refractivity contribution in [1.29, 1.82) is 5.26 Å². The maximum Gasteiger partial charge on any atom is 0.282 e. The summed E-state index contributed by atoms with van der Waals surface area (Å²) in [5.74, 6) is -3.10. The Bertz CT molecular complexity index is 1980. The maximum atomic E-state index is 16.2. The van der Waals surface area contributed by atoms with Gasteiger partial charge in [-0.2, -0.15) is 5.26 Å². The number of nitrogens with zero attached hydrogens (tertiary/aromatic N) is 5. The number of aromatic nitrogens is 1. The molecule has 12 heteroatoms. The Morgan fingerprint density at radius 2 is 1.96 bits per heavy atom. The first-order chi connectivity index (χ1) is 22.1. The zero-order valence-electron chi connectivity index (χ0n) is 24.7. The van der Waals surface area contributed by atoms with Gasteiger partial charge in [0.1, 0.15) is 36.0 Å². The highest BCUT2D eigenvalue weighted by Gasteiger charge is 2.50. The van der Waals surface area contributed by atoms with E-state index in [1.54, 1.807) is 31.3 Å². The number of hydrogen-bond acceptors (Lipinski definition) is 6. The Balaban J connectivity index is 1.37. The Morgan fingerprint density at radius 1 is 1.15 bits per heavy atom. The van der Waals surface area contributed by atoms with E-state index in [1.165, 1.54) is 23.1 Å². The number of alkyl halides is 1. The Morgan fingerprint density at radius 3 is 2.67 bits per heavy atom. The number of hydrogen-bond donors (Lipinski definition) is 0. The van der Waals surface area contributed by atoms with Crippen molar-refractivity contribution < 1.29 is 27.1 Å². The van der Waals surface area contributed by atoms with Gasteiger partial charge in [0.25, 0.3) is 5.91 Å². The summed E-state index contributed by atoms with van der Waals surface area (Å²) >= 11 is 6.38. The molecule has 1 aromatic heterocycles. The van der Waals surface area contributed by atoms with Crippen LogP contribution < -0.4 is 9.64 Å². The maximum absolute atomic E-state index is 16.2. The van der Waals surface area contributed by atoms with Gasteiger partial charge in [-0.3, -0.25) is 9.69 Å². The van der Waals surface area contributed by atoms with Crippen LogP contribution in [0.15, 0.2) is 54.9 Å². The van der Waals surface area contributed by atoms with E-state index in [2.05, 4.69) is 17.6 Å². The fraction of sp³-hybridized carbons (Fsp3) is 0.324. The number of pyridine rings is 1. The molecular formula is C34H28ClF4N5O2. The van der Waals surface area contributed by atoms with Crippen molar-refractivity contribution in [2.24, 2.45) is 0 Å². The van der Waals surface area contributed by atoms with Gasteiger partial charge in [-0.1, -0.05) is 42.4 Å². The van der Waals surface area contributed by atoms with Gasteiger partial charge in [-0.15, -0.1) is 0 Å². The van der Waals surface area contributed by atoms with Crippen molar-refractivity contribution in [3.05, 3.63) is 77.1 Å².